The molecule has 4 nitrogen and oxygen atoms in total. The van der Waals surface area contributed by atoms with Crippen LogP contribution in [0.1, 0.15) is 11.7 Å². The molecule has 0 amide bonds. The topological polar surface area (TPSA) is 42.7 Å². The minimum atomic E-state index is 0.264. The molecule has 2 rings (SSSR count). The van der Waals surface area contributed by atoms with Gasteiger partial charge in [-0.05, 0) is 19.2 Å². The number of rotatable bonds is 5. The third kappa shape index (κ3) is 3.08. The lowest BCUT2D eigenvalue weighted by Gasteiger charge is -2.15. The van der Waals surface area contributed by atoms with Crippen LogP contribution in [0.15, 0.2) is 41.4 Å². The van der Waals surface area contributed by atoms with Crippen molar-refractivity contribution in [3.8, 4) is 0 Å². The van der Waals surface area contributed by atoms with E-state index in [1.54, 1.807) is 0 Å². The fourth-order valence-electron chi connectivity index (χ4n) is 1.63. The van der Waals surface area contributed by atoms with Gasteiger partial charge in [0.2, 0.25) is 0 Å². The largest absolute Gasteiger partial charge is 0.311 e. The molecule has 0 bridgehead atoms. The SMILES string of the molecule is CNC(CSc1ccccc1)c1cnnn1C. The van der Waals surface area contributed by atoms with E-state index in [0.29, 0.717) is 0 Å². The predicted octanol–water partition coefficient (Wildman–Crippen LogP) is 1.87. The summed E-state index contributed by atoms with van der Waals surface area (Å²) in [6, 6.07) is 10.7. The molecule has 0 aliphatic heterocycles. The predicted molar refractivity (Wildman–Crippen MR) is 70.0 cm³/mol. The first-order valence-corrected chi connectivity index (χ1v) is 6.49. The Hall–Kier alpha value is -1.33. The van der Waals surface area contributed by atoms with Crippen LogP contribution in [0.2, 0.25) is 0 Å². The Morgan fingerprint density at radius 3 is 2.71 bits per heavy atom. The van der Waals surface area contributed by atoms with Gasteiger partial charge in [0.05, 0.1) is 17.9 Å². The van der Waals surface area contributed by atoms with E-state index in [1.165, 1.54) is 4.90 Å². The maximum Gasteiger partial charge on any atom is 0.0761 e. The highest BCUT2D eigenvalue weighted by atomic mass is 32.2. The number of aryl methyl sites for hydroxylation is 1. The van der Waals surface area contributed by atoms with Gasteiger partial charge in [0, 0.05) is 17.7 Å². The van der Waals surface area contributed by atoms with Crippen molar-refractivity contribution in [2.24, 2.45) is 7.05 Å². The summed E-state index contributed by atoms with van der Waals surface area (Å²) in [4.78, 5) is 1.28. The fraction of sp³-hybridized carbons (Fsp3) is 0.333. The van der Waals surface area contributed by atoms with Crippen molar-refractivity contribution < 1.29 is 0 Å². The third-order valence-electron chi connectivity index (χ3n) is 2.61. The Labute approximate surface area is 105 Å². The van der Waals surface area contributed by atoms with Crippen molar-refractivity contribution in [1.29, 1.82) is 0 Å². The fourth-order valence-corrected chi connectivity index (χ4v) is 2.67. The maximum absolute atomic E-state index is 3.96. The lowest BCUT2D eigenvalue weighted by atomic mass is 10.2. The van der Waals surface area contributed by atoms with Gasteiger partial charge in [-0.3, -0.25) is 4.68 Å². The number of aromatic nitrogens is 3. The van der Waals surface area contributed by atoms with Gasteiger partial charge < -0.3 is 5.32 Å². The Bertz CT molecular complexity index is 455. The Morgan fingerprint density at radius 1 is 1.35 bits per heavy atom. The van der Waals surface area contributed by atoms with Crippen molar-refractivity contribution in [1.82, 2.24) is 20.3 Å². The molecule has 90 valence electrons. The van der Waals surface area contributed by atoms with Crippen molar-refractivity contribution in [2.45, 2.75) is 10.9 Å². The second-order valence-electron chi connectivity index (χ2n) is 3.75. The monoisotopic (exact) mass is 248 g/mol. The molecule has 0 aliphatic carbocycles. The molecule has 0 radical (unpaired) electrons. The van der Waals surface area contributed by atoms with Gasteiger partial charge >= 0.3 is 0 Å². The molecule has 0 aliphatic rings. The van der Waals surface area contributed by atoms with Crippen molar-refractivity contribution in [3.05, 3.63) is 42.2 Å². The normalized spacial score (nSPS) is 12.6. The zero-order valence-corrected chi connectivity index (χ0v) is 10.8. The van der Waals surface area contributed by atoms with Gasteiger partial charge in [-0.25, -0.2) is 0 Å². The summed E-state index contributed by atoms with van der Waals surface area (Å²) < 4.78 is 1.81. The molecule has 1 heterocycles. The van der Waals surface area contributed by atoms with Gasteiger partial charge in [0.25, 0.3) is 0 Å². The van der Waals surface area contributed by atoms with Crippen LogP contribution in [0.4, 0.5) is 0 Å². The molecule has 0 fully saturated rings. The molecule has 0 spiro atoms. The highest BCUT2D eigenvalue weighted by molar-refractivity contribution is 7.99. The van der Waals surface area contributed by atoms with E-state index < -0.39 is 0 Å². The summed E-state index contributed by atoms with van der Waals surface area (Å²) in [6.07, 6.45) is 1.81. The summed E-state index contributed by atoms with van der Waals surface area (Å²) in [5.41, 5.74) is 1.11. The highest BCUT2D eigenvalue weighted by Gasteiger charge is 2.13. The standard InChI is InChI=1S/C12H16N4S/c1-13-11(12-8-14-15-16(12)2)9-17-10-6-4-3-5-7-10/h3-8,11,13H,9H2,1-2H3. The quantitative estimate of drug-likeness (QED) is 0.820. The van der Waals surface area contributed by atoms with Gasteiger partial charge in [0.15, 0.2) is 0 Å². The van der Waals surface area contributed by atoms with Crippen LogP contribution in [-0.4, -0.2) is 27.8 Å². The minimum absolute atomic E-state index is 0.264. The van der Waals surface area contributed by atoms with Crippen LogP contribution in [0.5, 0.6) is 0 Å². The summed E-state index contributed by atoms with van der Waals surface area (Å²) in [5, 5.41) is 11.2. The van der Waals surface area contributed by atoms with Gasteiger partial charge in [0.1, 0.15) is 0 Å². The molecule has 0 saturated carbocycles. The summed E-state index contributed by atoms with van der Waals surface area (Å²) in [7, 11) is 3.88. The summed E-state index contributed by atoms with van der Waals surface area (Å²) in [5.74, 6) is 0.960. The zero-order chi connectivity index (χ0) is 12.1. The Morgan fingerprint density at radius 2 is 2.12 bits per heavy atom. The van der Waals surface area contributed by atoms with Crippen LogP contribution in [-0.2, 0) is 7.05 Å². The lowest BCUT2D eigenvalue weighted by Crippen LogP contribution is -2.21. The first-order valence-electron chi connectivity index (χ1n) is 5.51. The molecule has 0 saturated heterocycles. The molecule has 1 aromatic carbocycles. The maximum atomic E-state index is 3.96. The highest BCUT2D eigenvalue weighted by Crippen LogP contribution is 2.23. The number of thioether (sulfide) groups is 1. The first kappa shape index (κ1) is 12.1. The average molecular weight is 248 g/mol. The van der Waals surface area contributed by atoms with E-state index in [0.717, 1.165) is 11.4 Å². The molecular weight excluding hydrogens is 232 g/mol. The number of hydrogen-bond acceptors (Lipinski definition) is 4. The van der Waals surface area contributed by atoms with Crippen LogP contribution < -0.4 is 5.32 Å². The van der Waals surface area contributed by atoms with E-state index in [1.807, 2.05) is 42.8 Å². The number of hydrogen-bond donors (Lipinski definition) is 1. The Kier molecular flexibility index (Phi) is 4.17. The van der Waals surface area contributed by atoms with E-state index >= 15 is 0 Å². The lowest BCUT2D eigenvalue weighted by molar-refractivity contribution is 0.580. The zero-order valence-electron chi connectivity index (χ0n) is 10.00. The number of benzene rings is 1. The molecule has 1 atom stereocenters. The van der Waals surface area contributed by atoms with E-state index in [2.05, 4.69) is 39.9 Å². The number of nitrogens with one attached hydrogen (secondary N) is 1. The van der Waals surface area contributed by atoms with E-state index in [4.69, 9.17) is 0 Å². The van der Waals surface area contributed by atoms with E-state index in [-0.39, 0.29) is 6.04 Å². The average Bonchev–Trinajstić information content (AvgIpc) is 2.78. The van der Waals surface area contributed by atoms with Crippen molar-refractivity contribution >= 4 is 11.8 Å². The molecule has 5 heteroatoms. The minimum Gasteiger partial charge on any atom is -0.311 e. The molecule has 1 aromatic heterocycles. The second kappa shape index (κ2) is 5.84. The van der Waals surface area contributed by atoms with Crippen molar-refractivity contribution in [3.63, 3.8) is 0 Å². The molecule has 1 unspecified atom stereocenters. The van der Waals surface area contributed by atoms with E-state index in [9.17, 15) is 0 Å². The Balaban J connectivity index is 2.00. The molecular formula is C12H16N4S. The summed E-state index contributed by atoms with van der Waals surface area (Å²) in [6.45, 7) is 0. The molecule has 2 aromatic rings. The first-order chi connectivity index (χ1) is 8.31. The smallest absolute Gasteiger partial charge is 0.0761 e. The van der Waals surface area contributed by atoms with Crippen LogP contribution in [0.25, 0.3) is 0 Å². The van der Waals surface area contributed by atoms with Crippen LogP contribution in [0.3, 0.4) is 0 Å². The van der Waals surface area contributed by atoms with Crippen LogP contribution >= 0.6 is 11.8 Å². The van der Waals surface area contributed by atoms with Gasteiger partial charge in [-0.2, -0.15) is 0 Å². The van der Waals surface area contributed by atoms with Crippen molar-refractivity contribution in [2.75, 3.05) is 12.8 Å². The summed E-state index contributed by atoms with van der Waals surface area (Å²) >= 11 is 1.83. The molecule has 1 N–H and O–H groups in total. The number of nitrogens with zero attached hydrogens (tertiary/aromatic N) is 3. The van der Waals surface area contributed by atoms with Gasteiger partial charge in [-0.1, -0.05) is 23.4 Å². The van der Waals surface area contributed by atoms with Gasteiger partial charge in [-0.15, -0.1) is 16.9 Å². The second-order valence-corrected chi connectivity index (χ2v) is 4.84. The molecule has 17 heavy (non-hydrogen) atoms. The third-order valence-corrected chi connectivity index (χ3v) is 3.72. The van der Waals surface area contributed by atoms with Crippen LogP contribution in [0, 0.1) is 0 Å².